The van der Waals surface area contributed by atoms with E-state index in [2.05, 4.69) is 20.8 Å². The molecule has 1 heteroatoms. The van der Waals surface area contributed by atoms with Crippen LogP contribution in [-0.4, -0.2) is 5.78 Å². The van der Waals surface area contributed by atoms with Crippen LogP contribution in [0.4, 0.5) is 0 Å². The Morgan fingerprint density at radius 2 is 1.57 bits per heavy atom. The van der Waals surface area contributed by atoms with E-state index < -0.39 is 0 Å². The minimum absolute atomic E-state index is 0.332. The van der Waals surface area contributed by atoms with Gasteiger partial charge in [0.05, 0.1) is 0 Å². The highest BCUT2D eigenvalue weighted by Crippen LogP contribution is 2.67. The minimum Gasteiger partial charge on any atom is -0.300 e. The van der Waals surface area contributed by atoms with Gasteiger partial charge in [0, 0.05) is 5.92 Å². The maximum atomic E-state index is 12.2. The molecule has 23 heavy (non-hydrogen) atoms. The molecule has 0 spiro atoms. The molecule has 6 unspecified atom stereocenters. The summed E-state index contributed by atoms with van der Waals surface area (Å²) < 4.78 is 0. The van der Waals surface area contributed by atoms with Crippen molar-refractivity contribution >= 4 is 5.78 Å². The summed E-state index contributed by atoms with van der Waals surface area (Å²) in [6, 6.07) is 0. The average molecular weight is 317 g/mol. The first kappa shape index (κ1) is 16.2. The van der Waals surface area contributed by atoms with E-state index in [1.807, 2.05) is 6.92 Å². The molecule has 4 fully saturated rings. The van der Waals surface area contributed by atoms with E-state index >= 15 is 0 Å². The van der Waals surface area contributed by atoms with Crippen LogP contribution in [0.25, 0.3) is 0 Å². The first-order valence-corrected chi connectivity index (χ1v) is 10.4. The zero-order valence-electron chi connectivity index (χ0n) is 15.7. The molecule has 4 aliphatic rings. The highest BCUT2D eigenvalue weighted by atomic mass is 16.1. The molecule has 0 amide bonds. The van der Waals surface area contributed by atoms with Gasteiger partial charge in [0.2, 0.25) is 0 Å². The monoisotopic (exact) mass is 316 g/mol. The van der Waals surface area contributed by atoms with E-state index in [-0.39, 0.29) is 0 Å². The van der Waals surface area contributed by atoms with E-state index in [1.165, 1.54) is 57.8 Å². The molecular weight excluding hydrogens is 280 g/mol. The minimum atomic E-state index is 0.332. The number of carbonyl (C=O) groups is 1. The molecule has 0 radical (unpaired) electrons. The van der Waals surface area contributed by atoms with Crippen LogP contribution in [-0.2, 0) is 4.79 Å². The molecule has 0 aliphatic heterocycles. The molecule has 0 saturated heterocycles. The summed E-state index contributed by atoms with van der Waals surface area (Å²) >= 11 is 0. The zero-order chi connectivity index (χ0) is 16.4. The number of hydrogen-bond acceptors (Lipinski definition) is 1. The second-order valence-corrected chi connectivity index (χ2v) is 10.3. The quantitative estimate of drug-likeness (QED) is 0.591. The second-order valence-electron chi connectivity index (χ2n) is 10.3. The van der Waals surface area contributed by atoms with Crippen LogP contribution in [0.1, 0.15) is 85.5 Å². The summed E-state index contributed by atoms with van der Waals surface area (Å²) in [5.41, 5.74) is 0.948. The van der Waals surface area contributed by atoms with Gasteiger partial charge in [-0.3, -0.25) is 4.79 Å². The molecule has 0 aromatic rings. The van der Waals surface area contributed by atoms with Crippen molar-refractivity contribution < 1.29 is 4.79 Å². The van der Waals surface area contributed by atoms with Crippen LogP contribution in [0.15, 0.2) is 0 Å². The lowest BCUT2D eigenvalue weighted by Gasteiger charge is -2.61. The number of Topliss-reactive ketones (excluding diaryl/α,β-unsaturated/α-hetero) is 1. The fourth-order valence-corrected chi connectivity index (χ4v) is 8.14. The van der Waals surface area contributed by atoms with Gasteiger partial charge in [0.15, 0.2) is 0 Å². The summed E-state index contributed by atoms with van der Waals surface area (Å²) in [6.45, 7) is 9.45. The Balaban J connectivity index is 1.61. The molecule has 0 N–H and O–H groups in total. The third-order valence-electron chi connectivity index (χ3n) is 9.42. The summed E-state index contributed by atoms with van der Waals surface area (Å²) in [5, 5.41) is 0. The normalized spacial score (nSPS) is 55.7. The number of fused-ring (bicyclic) bond motifs is 5. The molecule has 4 aliphatic carbocycles. The van der Waals surface area contributed by atoms with Gasteiger partial charge in [-0.15, -0.1) is 0 Å². The Bertz CT molecular complexity index is 496. The van der Waals surface area contributed by atoms with Gasteiger partial charge in [0.25, 0.3) is 0 Å². The molecule has 0 bridgehead atoms. The van der Waals surface area contributed by atoms with Crippen molar-refractivity contribution in [1.82, 2.24) is 0 Å². The highest BCUT2D eigenvalue weighted by Gasteiger charge is 2.60. The highest BCUT2D eigenvalue weighted by molar-refractivity contribution is 5.79. The van der Waals surface area contributed by atoms with Gasteiger partial charge in [0.1, 0.15) is 5.78 Å². The molecule has 130 valence electrons. The lowest BCUT2D eigenvalue weighted by molar-refractivity contribution is -0.135. The van der Waals surface area contributed by atoms with E-state index in [4.69, 9.17) is 0 Å². The first-order valence-electron chi connectivity index (χ1n) is 10.4. The molecule has 1 nitrogen and oxygen atoms in total. The average Bonchev–Trinajstić information content (AvgIpc) is 2.85. The summed E-state index contributed by atoms with van der Waals surface area (Å²) in [7, 11) is 0. The van der Waals surface area contributed by atoms with E-state index in [1.54, 1.807) is 0 Å². The summed E-state index contributed by atoms with van der Waals surface area (Å²) in [4.78, 5) is 12.2. The Kier molecular flexibility index (Phi) is 3.75. The van der Waals surface area contributed by atoms with Crippen molar-refractivity contribution in [2.75, 3.05) is 0 Å². The predicted molar refractivity (Wildman–Crippen MR) is 95.1 cm³/mol. The van der Waals surface area contributed by atoms with Gasteiger partial charge in [-0.25, -0.2) is 0 Å². The topological polar surface area (TPSA) is 17.1 Å². The molecule has 0 heterocycles. The Morgan fingerprint density at radius 1 is 0.870 bits per heavy atom. The van der Waals surface area contributed by atoms with Crippen molar-refractivity contribution in [2.45, 2.75) is 85.5 Å². The van der Waals surface area contributed by atoms with Gasteiger partial charge < -0.3 is 0 Å². The lowest BCUT2D eigenvalue weighted by atomic mass is 9.44. The van der Waals surface area contributed by atoms with Crippen LogP contribution in [0.5, 0.6) is 0 Å². The predicted octanol–water partition coefficient (Wildman–Crippen LogP) is 5.87. The third kappa shape index (κ3) is 2.20. The van der Waals surface area contributed by atoms with Crippen molar-refractivity contribution in [1.29, 1.82) is 0 Å². The molecule has 4 saturated carbocycles. The van der Waals surface area contributed by atoms with E-state index in [9.17, 15) is 4.79 Å². The summed E-state index contributed by atoms with van der Waals surface area (Å²) in [5.74, 6) is 5.50. The molecule has 8 atom stereocenters. The number of carbonyl (C=O) groups excluding carboxylic acids is 1. The largest absolute Gasteiger partial charge is 0.300 e. The molecular formula is C22H36O. The van der Waals surface area contributed by atoms with Crippen LogP contribution in [0.3, 0.4) is 0 Å². The van der Waals surface area contributed by atoms with Crippen LogP contribution < -0.4 is 0 Å². The van der Waals surface area contributed by atoms with Crippen molar-refractivity contribution in [3.05, 3.63) is 0 Å². The standard InChI is InChI=1S/C22H36O/c1-14-9-11-21(3)16(13-14)5-6-17-19-8-7-18(15(2)23)22(19,4)12-10-20(17)21/h14,16-20H,5-13H2,1-4H3/t14?,16?,17?,18-,19?,20?,21?,22-/m1/s1. The van der Waals surface area contributed by atoms with Gasteiger partial charge in [-0.1, -0.05) is 27.2 Å². The van der Waals surface area contributed by atoms with Crippen molar-refractivity contribution in [2.24, 2.45) is 46.3 Å². The molecule has 0 aromatic heterocycles. The SMILES string of the molecule is CC(=O)[C@H]1CCC2C3CCC4CC(C)CCC4(C)C3CC[C@@]21C. The molecule has 4 rings (SSSR count). The van der Waals surface area contributed by atoms with Crippen LogP contribution in [0, 0.1) is 46.3 Å². The van der Waals surface area contributed by atoms with Crippen LogP contribution >= 0.6 is 0 Å². The van der Waals surface area contributed by atoms with Crippen molar-refractivity contribution in [3.63, 3.8) is 0 Å². The molecule has 0 aromatic carbocycles. The lowest BCUT2D eigenvalue weighted by Crippen LogP contribution is -2.53. The van der Waals surface area contributed by atoms with Gasteiger partial charge >= 0.3 is 0 Å². The Labute approximate surface area is 143 Å². The fourth-order valence-electron chi connectivity index (χ4n) is 8.14. The third-order valence-corrected chi connectivity index (χ3v) is 9.42. The van der Waals surface area contributed by atoms with Crippen LogP contribution in [0.2, 0.25) is 0 Å². The van der Waals surface area contributed by atoms with Gasteiger partial charge in [-0.2, -0.15) is 0 Å². The number of hydrogen-bond donors (Lipinski definition) is 0. The fraction of sp³-hybridized carbons (Fsp3) is 0.955. The zero-order valence-corrected chi connectivity index (χ0v) is 15.7. The van der Waals surface area contributed by atoms with E-state index in [0.717, 1.165) is 29.6 Å². The second kappa shape index (κ2) is 5.33. The van der Waals surface area contributed by atoms with Crippen molar-refractivity contribution in [3.8, 4) is 0 Å². The Morgan fingerprint density at radius 3 is 2.30 bits per heavy atom. The maximum Gasteiger partial charge on any atom is 0.133 e. The smallest absolute Gasteiger partial charge is 0.133 e. The maximum absolute atomic E-state index is 12.2. The Hall–Kier alpha value is -0.330. The number of rotatable bonds is 1. The van der Waals surface area contributed by atoms with E-state index in [0.29, 0.717) is 22.5 Å². The summed E-state index contributed by atoms with van der Waals surface area (Å²) in [6.07, 6.45) is 12.6. The number of ketones is 1. The first-order chi connectivity index (χ1) is 10.9. The van der Waals surface area contributed by atoms with Gasteiger partial charge in [-0.05, 0) is 98.7 Å².